The fourth-order valence-corrected chi connectivity index (χ4v) is 4.02. The van der Waals surface area contributed by atoms with Gasteiger partial charge in [0.2, 0.25) is 5.75 Å². The summed E-state index contributed by atoms with van der Waals surface area (Å²) in [5, 5.41) is 20.7. The lowest BCUT2D eigenvalue weighted by molar-refractivity contribution is -0.386. The largest absolute Gasteiger partial charge is 0.477 e. The predicted octanol–water partition coefficient (Wildman–Crippen LogP) is 3.24. The second-order valence-corrected chi connectivity index (χ2v) is 8.26. The maximum atomic E-state index is 13.2. The molecule has 0 unspecified atom stereocenters. The van der Waals surface area contributed by atoms with Gasteiger partial charge in [0.25, 0.3) is 5.91 Å². The molecule has 0 spiro atoms. The first-order valence-corrected chi connectivity index (χ1v) is 10.5. The quantitative estimate of drug-likeness (QED) is 0.499. The molecule has 0 saturated carbocycles. The third kappa shape index (κ3) is 5.46. The number of ether oxygens (including phenoxy) is 1. The van der Waals surface area contributed by atoms with E-state index in [1.807, 2.05) is 13.8 Å². The molecule has 1 amide bonds. The van der Waals surface area contributed by atoms with E-state index in [1.54, 1.807) is 24.0 Å². The highest BCUT2D eigenvalue weighted by Crippen LogP contribution is 2.34. The molecule has 1 heterocycles. The lowest BCUT2D eigenvalue weighted by Crippen LogP contribution is -2.58. The van der Waals surface area contributed by atoms with E-state index in [1.165, 1.54) is 18.2 Å². The second-order valence-electron chi connectivity index (χ2n) is 8.26. The van der Waals surface area contributed by atoms with E-state index in [0.29, 0.717) is 25.2 Å². The average molecular weight is 459 g/mol. The third-order valence-corrected chi connectivity index (χ3v) is 5.82. The van der Waals surface area contributed by atoms with Gasteiger partial charge in [-0.3, -0.25) is 19.8 Å². The number of rotatable bonds is 7. The number of carbonyl (C=O) groups excluding carboxylic acids is 1. The summed E-state index contributed by atoms with van der Waals surface area (Å²) in [7, 11) is 0. The molecule has 1 saturated heterocycles. The zero-order valence-corrected chi connectivity index (χ0v) is 18.7. The number of nitro groups is 1. The molecule has 3 rings (SSSR count). The Balaban J connectivity index is 1.68. The van der Waals surface area contributed by atoms with Crippen molar-refractivity contribution in [1.82, 2.24) is 9.80 Å². The highest BCUT2D eigenvalue weighted by molar-refractivity contribution is 5.94. The van der Waals surface area contributed by atoms with Gasteiger partial charge in [-0.2, -0.15) is 0 Å². The fourth-order valence-electron chi connectivity index (χ4n) is 4.02. The number of nitrogens with zero attached hydrogens (tertiary/aromatic N) is 3. The predicted molar refractivity (Wildman–Crippen MR) is 118 cm³/mol. The van der Waals surface area contributed by atoms with Crippen LogP contribution >= 0.6 is 0 Å². The number of piperazine rings is 1. The van der Waals surface area contributed by atoms with Crippen LogP contribution in [0.3, 0.4) is 0 Å². The summed E-state index contributed by atoms with van der Waals surface area (Å²) in [5.41, 5.74) is 0.176. The molecule has 2 aromatic carbocycles. The Kier molecular flexibility index (Phi) is 7.27. The molecule has 0 bridgehead atoms. The van der Waals surface area contributed by atoms with Gasteiger partial charge in [-0.05, 0) is 50.1 Å². The van der Waals surface area contributed by atoms with Gasteiger partial charge in [0.15, 0.2) is 6.61 Å². The first-order chi connectivity index (χ1) is 15.6. The van der Waals surface area contributed by atoms with Crippen LogP contribution in [0.4, 0.5) is 10.1 Å². The van der Waals surface area contributed by atoms with Gasteiger partial charge in [-0.1, -0.05) is 18.2 Å². The number of hydrogen-bond acceptors (Lipinski definition) is 6. The number of nitro benzene ring substituents is 1. The van der Waals surface area contributed by atoms with Crippen LogP contribution in [0.5, 0.6) is 5.75 Å². The fraction of sp³-hybridized carbons (Fsp3) is 0.391. The minimum Gasteiger partial charge on any atom is -0.477 e. The first kappa shape index (κ1) is 24.1. The van der Waals surface area contributed by atoms with Crippen molar-refractivity contribution >= 4 is 17.6 Å². The van der Waals surface area contributed by atoms with Crippen LogP contribution in [0.25, 0.3) is 0 Å². The summed E-state index contributed by atoms with van der Waals surface area (Å²) >= 11 is 0. The van der Waals surface area contributed by atoms with Crippen molar-refractivity contribution in [3.8, 4) is 5.75 Å². The highest BCUT2D eigenvalue weighted by atomic mass is 19.1. The molecule has 0 aromatic heterocycles. The molecule has 10 heteroatoms. The first-order valence-electron chi connectivity index (χ1n) is 10.5. The molecule has 33 heavy (non-hydrogen) atoms. The summed E-state index contributed by atoms with van der Waals surface area (Å²) in [6.45, 7) is 6.65. The lowest BCUT2D eigenvalue weighted by Gasteiger charge is -2.44. The van der Waals surface area contributed by atoms with Crippen LogP contribution in [0.1, 0.15) is 35.3 Å². The molecule has 1 fully saturated rings. The summed E-state index contributed by atoms with van der Waals surface area (Å²) in [4.78, 5) is 38.8. The SMILES string of the molecule is Cc1ccc(C(=O)O)c([N+](=O)[O-])c1OCC(=O)N1C[C@@H](C)N(Cc2ccc(F)cc2)C[C@@H]1C. The standard InChI is InChI=1S/C23H26FN3O6/c1-14-4-9-19(23(29)30)21(27(31)32)22(14)33-13-20(28)26-11-15(2)25(10-16(26)3)12-17-5-7-18(24)8-6-17/h4-9,15-16H,10-13H2,1-3H3,(H,29,30)/t15-,16+/m1/s1. The average Bonchev–Trinajstić information content (AvgIpc) is 2.75. The van der Waals surface area contributed by atoms with Crippen molar-refractivity contribution in [3.63, 3.8) is 0 Å². The van der Waals surface area contributed by atoms with Gasteiger partial charge < -0.3 is 14.7 Å². The molecule has 176 valence electrons. The maximum absolute atomic E-state index is 13.2. The number of halogens is 1. The zero-order chi connectivity index (χ0) is 24.3. The normalized spacial score (nSPS) is 18.7. The number of carbonyl (C=O) groups is 2. The van der Waals surface area contributed by atoms with Gasteiger partial charge in [0.05, 0.1) is 4.92 Å². The second kappa shape index (κ2) is 9.95. The number of hydrogen-bond donors (Lipinski definition) is 1. The van der Waals surface area contributed by atoms with Crippen LogP contribution in [-0.4, -0.2) is 63.5 Å². The summed E-state index contributed by atoms with van der Waals surface area (Å²) in [6.07, 6.45) is 0. The van der Waals surface area contributed by atoms with Gasteiger partial charge >= 0.3 is 11.7 Å². The minimum absolute atomic E-state index is 0.0293. The zero-order valence-electron chi connectivity index (χ0n) is 18.7. The van der Waals surface area contributed by atoms with Crippen molar-refractivity contribution in [1.29, 1.82) is 0 Å². The molecule has 0 aliphatic carbocycles. The van der Waals surface area contributed by atoms with E-state index in [0.717, 1.165) is 11.6 Å². The molecular weight excluding hydrogens is 433 g/mol. The smallest absolute Gasteiger partial charge is 0.342 e. The molecule has 0 radical (unpaired) electrons. The lowest BCUT2D eigenvalue weighted by atomic mass is 10.1. The Morgan fingerprint density at radius 1 is 1.15 bits per heavy atom. The van der Waals surface area contributed by atoms with E-state index in [2.05, 4.69) is 4.90 Å². The van der Waals surface area contributed by atoms with Gasteiger partial charge in [-0.15, -0.1) is 0 Å². The van der Waals surface area contributed by atoms with Crippen molar-refractivity contribution in [2.24, 2.45) is 0 Å². The Bertz CT molecular complexity index is 1060. The van der Waals surface area contributed by atoms with Crippen molar-refractivity contribution in [3.05, 3.63) is 69.0 Å². The van der Waals surface area contributed by atoms with E-state index in [-0.39, 0.29) is 29.6 Å². The number of aryl methyl sites for hydroxylation is 1. The summed E-state index contributed by atoms with van der Waals surface area (Å²) < 4.78 is 18.7. The van der Waals surface area contributed by atoms with Crippen LogP contribution in [-0.2, 0) is 11.3 Å². The Labute approximate surface area is 190 Å². The Morgan fingerprint density at radius 2 is 1.82 bits per heavy atom. The van der Waals surface area contributed by atoms with Crippen molar-refractivity contribution < 1.29 is 28.7 Å². The van der Waals surface area contributed by atoms with Gasteiger partial charge in [0, 0.05) is 31.7 Å². The van der Waals surface area contributed by atoms with E-state index < -0.39 is 28.8 Å². The molecule has 2 atom stereocenters. The molecular formula is C23H26FN3O6. The van der Waals surface area contributed by atoms with Gasteiger partial charge in [0.1, 0.15) is 11.4 Å². The molecule has 1 aliphatic rings. The molecule has 1 aliphatic heterocycles. The number of carboxylic acids is 1. The van der Waals surface area contributed by atoms with Crippen LogP contribution in [0.15, 0.2) is 36.4 Å². The van der Waals surface area contributed by atoms with Crippen LogP contribution < -0.4 is 4.74 Å². The topological polar surface area (TPSA) is 113 Å². The Hall–Kier alpha value is -3.53. The molecule has 2 aromatic rings. The van der Waals surface area contributed by atoms with Crippen molar-refractivity contribution in [2.45, 2.75) is 39.4 Å². The minimum atomic E-state index is -1.45. The number of carboxylic acid groups (broad SMARTS) is 1. The molecule has 9 nitrogen and oxygen atoms in total. The maximum Gasteiger partial charge on any atom is 0.342 e. The Morgan fingerprint density at radius 3 is 2.42 bits per heavy atom. The number of aromatic carboxylic acids is 1. The van der Waals surface area contributed by atoms with Gasteiger partial charge in [-0.25, -0.2) is 9.18 Å². The van der Waals surface area contributed by atoms with E-state index >= 15 is 0 Å². The summed E-state index contributed by atoms with van der Waals surface area (Å²) in [6, 6.07) is 8.75. The highest BCUT2D eigenvalue weighted by Gasteiger charge is 2.33. The van der Waals surface area contributed by atoms with Crippen molar-refractivity contribution in [2.75, 3.05) is 19.7 Å². The van der Waals surface area contributed by atoms with Crippen LogP contribution in [0.2, 0.25) is 0 Å². The van der Waals surface area contributed by atoms with E-state index in [4.69, 9.17) is 4.74 Å². The molecule has 1 N–H and O–H groups in total. The van der Waals surface area contributed by atoms with Crippen LogP contribution in [0, 0.1) is 22.9 Å². The summed E-state index contributed by atoms with van der Waals surface area (Å²) in [5.74, 6) is -2.30. The monoisotopic (exact) mass is 459 g/mol. The van der Waals surface area contributed by atoms with E-state index in [9.17, 15) is 29.2 Å². The third-order valence-electron chi connectivity index (χ3n) is 5.82. The number of amides is 1. The number of benzene rings is 2.